The average molecular weight is 415 g/mol. The van der Waals surface area contributed by atoms with Crippen molar-refractivity contribution in [2.75, 3.05) is 0 Å². The van der Waals surface area contributed by atoms with Gasteiger partial charge in [0.05, 0.1) is 6.04 Å². The second kappa shape index (κ2) is 8.61. The summed E-state index contributed by atoms with van der Waals surface area (Å²) in [5, 5.41) is 16.1. The van der Waals surface area contributed by atoms with Gasteiger partial charge in [0.2, 0.25) is 11.7 Å². The summed E-state index contributed by atoms with van der Waals surface area (Å²) in [6, 6.07) is 6.63. The minimum absolute atomic E-state index is 0.0384. The van der Waals surface area contributed by atoms with Crippen LogP contribution < -0.4 is 0 Å². The number of amidine groups is 1. The number of hydrogen-bond donors (Lipinski definition) is 1. The van der Waals surface area contributed by atoms with Gasteiger partial charge in [-0.05, 0) is 35.6 Å². The molecule has 1 atom stereocenters. The third-order valence-corrected chi connectivity index (χ3v) is 5.14. The van der Waals surface area contributed by atoms with E-state index in [1.807, 2.05) is 6.07 Å². The van der Waals surface area contributed by atoms with Gasteiger partial charge >= 0.3 is 6.18 Å². The Bertz CT molecular complexity index is 987. The number of carbonyl (C=O) groups is 1. The lowest BCUT2D eigenvalue weighted by molar-refractivity contribution is -0.131. The third kappa shape index (κ3) is 4.82. The number of nitrogens with one attached hydrogen (secondary N) is 1. The molecule has 0 fully saturated rings. The SMILES string of the molecule is C=C(C(=N)C(F)(F)F)c1ccc2c(c1)CN(C(=O)CCCC1CC=NC(C#N)=N1)C2. The molecule has 30 heavy (non-hydrogen) atoms. The van der Waals surface area contributed by atoms with Crippen LogP contribution in [0.5, 0.6) is 0 Å². The van der Waals surface area contributed by atoms with Crippen LogP contribution in [0.1, 0.15) is 42.4 Å². The van der Waals surface area contributed by atoms with E-state index in [1.54, 1.807) is 23.2 Å². The number of fused-ring (bicyclic) bond motifs is 1. The van der Waals surface area contributed by atoms with E-state index < -0.39 is 11.9 Å². The molecule has 2 aliphatic heterocycles. The molecule has 0 saturated heterocycles. The molecule has 2 aliphatic rings. The van der Waals surface area contributed by atoms with Gasteiger partial charge in [-0.2, -0.15) is 18.4 Å². The number of benzene rings is 1. The number of halogens is 3. The van der Waals surface area contributed by atoms with Gasteiger partial charge in [-0.3, -0.25) is 15.2 Å². The summed E-state index contributed by atoms with van der Waals surface area (Å²) >= 11 is 0. The highest BCUT2D eigenvalue weighted by Gasteiger charge is 2.36. The van der Waals surface area contributed by atoms with Gasteiger partial charge in [0.15, 0.2) is 0 Å². The fraction of sp³-hybridized carbons (Fsp3) is 0.381. The van der Waals surface area contributed by atoms with Crippen LogP contribution >= 0.6 is 0 Å². The van der Waals surface area contributed by atoms with Crippen molar-refractivity contribution in [3.8, 4) is 6.07 Å². The molecule has 0 aromatic heterocycles. The summed E-state index contributed by atoms with van der Waals surface area (Å²) in [5.41, 5.74) is 0.0242. The molecule has 2 heterocycles. The lowest BCUT2D eigenvalue weighted by Gasteiger charge is -2.17. The summed E-state index contributed by atoms with van der Waals surface area (Å²) < 4.78 is 38.3. The molecule has 0 radical (unpaired) electrons. The highest BCUT2D eigenvalue weighted by molar-refractivity contribution is 6.24. The Morgan fingerprint density at radius 3 is 2.77 bits per heavy atom. The lowest BCUT2D eigenvalue weighted by Crippen LogP contribution is -2.25. The largest absolute Gasteiger partial charge is 0.433 e. The van der Waals surface area contributed by atoms with Crippen molar-refractivity contribution < 1.29 is 18.0 Å². The number of nitrogens with zero attached hydrogens (tertiary/aromatic N) is 4. The first-order chi connectivity index (χ1) is 14.2. The zero-order valence-corrected chi connectivity index (χ0v) is 16.2. The Morgan fingerprint density at radius 2 is 2.07 bits per heavy atom. The van der Waals surface area contributed by atoms with Crippen molar-refractivity contribution in [3.05, 3.63) is 41.5 Å². The van der Waals surface area contributed by atoms with Crippen LogP contribution in [0, 0.1) is 16.7 Å². The van der Waals surface area contributed by atoms with E-state index in [4.69, 9.17) is 10.7 Å². The predicted octanol–water partition coefficient (Wildman–Crippen LogP) is 4.06. The zero-order chi connectivity index (χ0) is 21.9. The van der Waals surface area contributed by atoms with Crippen LogP contribution in [-0.2, 0) is 17.9 Å². The Hall–Kier alpha value is -3.28. The Labute approximate surface area is 171 Å². The molecule has 3 rings (SSSR count). The van der Waals surface area contributed by atoms with Gasteiger partial charge in [0, 0.05) is 37.7 Å². The number of allylic oxidation sites excluding steroid dienone is 1. The quantitative estimate of drug-likeness (QED) is 0.710. The molecule has 0 spiro atoms. The van der Waals surface area contributed by atoms with Crippen LogP contribution in [0.25, 0.3) is 5.57 Å². The predicted molar refractivity (Wildman–Crippen MR) is 107 cm³/mol. The number of carbonyl (C=O) groups excluding carboxylic acids is 1. The number of nitriles is 1. The van der Waals surface area contributed by atoms with Crippen LogP contribution in [0.15, 0.2) is 34.8 Å². The van der Waals surface area contributed by atoms with E-state index in [0.717, 1.165) is 11.1 Å². The molecule has 0 bridgehead atoms. The molecule has 6 nitrogen and oxygen atoms in total. The molecule has 1 N–H and O–H groups in total. The number of amides is 1. The van der Waals surface area contributed by atoms with Crippen molar-refractivity contribution in [1.82, 2.24) is 4.90 Å². The monoisotopic (exact) mass is 415 g/mol. The van der Waals surface area contributed by atoms with Gasteiger partial charge in [-0.25, -0.2) is 4.99 Å². The molecular formula is C21H20F3N5O. The van der Waals surface area contributed by atoms with Crippen molar-refractivity contribution in [2.45, 2.75) is 51.0 Å². The molecule has 0 aliphatic carbocycles. The van der Waals surface area contributed by atoms with Gasteiger partial charge in [-0.15, -0.1) is 0 Å². The Kier molecular flexibility index (Phi) is 6.15. The maximum atomic E-state index is 12.8. The second-order valence-electron chi connectivity index (χ2n) is 7.24. The molecule has 0 saturated carbocycles. The number of rotatable bonds is 6. The topological polar surface area (TPSA) is 92.7 Å². The summed E-state index contributed by atoms with van der Waals surface area (Å²) in [5.74, 6) is 0.118. The summed E-state index contributed by atoms with van der Waals surface area (Å²) in [4.78, 5) is 22.3. The second-order valence-corrected chi connectivity index (χ2v) is 7.24. The minimum atomic E-state index is -4.75. The Balaban J connectivity index is 1.55. The van der Waals surface area contributed by atoms with Crippen molar-refractivity contribution in [2.24, 2.45) is 9.98 Å². The van der Waals surface area contributed by atoms with Gasteiger partial charge in [-0.1, -0.05) is 18.7 Å². The minimum Gasteiger partial charge on any atom is -0.334 e. The normalized spacial score (nSPS) is 17.9. The van der Waals surface area contributed by atoms with Crippen molar-refractivity contribution in [1.29, 1.82) is 10.7 Å². The number of hydrogen-bond acceptors (Lipinski definition) is 5. The van der Waals surface area contributed by atoms with Crippen LogP contribution in [0.2, 0.25) is 0 Å². The number of aliphatic imine (C=N–C) groups is 2. The third-order valence-electron chi connectivity index (χ3n) is 5.14. The molecule has 1 unspecified atom stereocenters. The van der Waals surface area contributed by atoms with E-state index in [-0.39, 0.29) is 28.9 Å². The van der Waals surface area contributed by atoms with E-state index in [0.29, 0.717) is 38.8 Å². The first-order valence-corrected chi connectivity index (χ1v) is 9.44. The molecule has 1 amide bonds. The number of alkyl halides is 3. The summed E-state index contributed by atoms with van der Waals surface area (Å²) in [6.07, 6.45) is -0.810. The van der Waals surface area contributed by atoms with Crippen LogP contribution in [-0.4, -0.2) is 40.8 Å². The van der Waals surface area contributed by atoms with Crippen molar-refractivity contribution in [3.63, 3.8) is 0 Å². The molecule has 1 aromatic carbocycles. The summed E-state index contributed by atoms with van der Waals surface area (Å²) in [6.45, 7) is 4.13. The first kappa shape index (κ1) is 21.4. The van der Waals surface area contributed by atoms with E-state index in [1.165, 1.54) is 6.07 Å². The first-order valence-electron chi connectivity index (χ1n) is 9.44. The van der Waals surface area contributed by atoms with Gasteiger partial charge < -0.3 is 4.90 Å². The van der Waals surface area contributed by atoms with Crippen LogP contribution in [0.4, 0.5) is 13.2 Å². The fourth-order valence-corrected chi connectivity index (χ4v) is 3.48. The standard InChI is InChI=1S/C21H20F3N5O/c1-13(20(26)21(22,23)24)14-5-6-15-11-29(12-16(15)9-14)19(30)4-2-3-17-7-8-27-18(10-25)28-17/h5-6,8-9,17,26H,1-4,7,11-12H2. The maximum Gasteiger partial charge on any atom is 0.433 e. The van der Waals surface area contributed by atoms with Crippen molar-refractivity contribution >= 4 is 29.2 Å². The van der Waals surface area contributed by atoms with E-state index in [2.05, 4.69) is 16.6 Å². The highest BCUT2D eigenvalue weighted by Crippen LogP contribution is 2.30. The zero-order valence-electron chi connectivity index (χ0n) is 16.2. The lowest BCUT2D eigenvalue weighted by atomic mass is 9.98. The summed E-state index contributed by atoms with van der Waals surface area (Å²) in [7, 11) is 0. The fourth-order valence-electron chi connectivity index (χ4n) is 3.48. The van der Waals surface area contributed by atoms with Crippen LogP contribution in [0.3, 0.4) is 0 Å². The molecule has 9 heteroatoms. The molecule has 1 aromatic rings. The van der Waals surface area contributed by atoms with E-state index >= 15 is 0 Å². The maximum absolute atomic E-state index is 12.8. The Morgan fingerprint density at radius 1 is 1.33 bits per heavy atom. The average Bonchev–Trinajstić information content (AvgIpc) is 3.15. The molecule has 156 valence electrons. The molecular weight excluding hydrogens is 395 g/mol. The van der Waals surface area contributed by atoms with Gasteiger partial charge in [0.25, 0.3) is 0 Å². The smallest absolute Gasteiger partial charge is 0.334 e. The van der Waals surface area contributed by atoms with Gasteiger partial charge in [0.1, 0.15) is 11.8 Å². The van der Waals surface area contributed by atoms with E-state index in [9.17, 15) is 18.0 Å². The highest BCUT2D eigenvalue weighted by atomic mass is 19.4.